The quantitative estimate of drug-likeness (QED) is 0.776. The van der Waals surface area contributed by atoms with Gasteiger partial charge in [0, 0.05) is 20.0 Å². The SMILES string of the molecule is Cn1cnc(CCNCC(=O)Nc2c(F)cccc2F)n1. The number of para-hydroxylation sites is 1. The summed E-state index contributed by atoms with van der Waals surface area (Å²) in [5, 5.41) is 9.13. The van der Waals surface area contributed by atoms with E-state index < -0.39 is 23.2 Å². The van der Waals surface area contributed by atoms with Gasteiger partial charge < -0.3 is 10.6 Å². The molecule has 0 bridgehead atoms. The Balaban J connectivity index is 1.75. The van der Waals surface area contributed by atoms with Crippen LogP contribution < -0.4 is 10.6 Å². The molecule has 0 saturated heterocycles. The maximum absolute atomic E-state index is 13.3. The van der Waals surface area contributed by atoms with E-state index in [1.807, 2.05) is 0 Å². The highest BCUT2D eigenvalue weighted by Crippen LogP contribution is 2.17. The number of rotatable bonds is 6. The fourth-order valence-corrected chi connectivity index (χ4v) is 1.70. The number of halogens is 2. The largest absolute Gasteiger partial charge is 0.320 e. The molecule has 0 atom stereocenters. The number of nitrogens with zero attached hydrogens (tertiary/aromatic N) is 3. The van der Waals surface area contributed by atoms with Gasteiger partial charge in [-0.15, -0.1) is 0 Å². The van der Waals surface area contributed by atoms with E-state index in [-0.39, 0.29) is 6.54 Å². The summed E-state index contributed by atoms with van der Waals surface area (Å²) in [4.78, 5) is 15.6. The van der Waals surface area contributed by atoms with Gasteiger partial charge in [-0.05, 0) is 12.1 Å². The van der Waals surface area contributed by atoms with E-state index in [0.717, 1.165) is 12.1 Å². The Morgan fingerprint density at radius 3 is 2.67 bits per heavy atom. The molecule has 0 aliphatic carbocycles. The van der Waals surface area contributed by atoms with Crippen molar-refractivity contribution >= 4 is 11.6 Å². The Morgan fingerprint density at radius 2 is 2.05 bits per heavy atom. The zero-order valence-corrected chi connectivity index (χ0v) is 11.4. The van der Waals surface area contributed by atoms with Crippen LogP contribution in [0.15, 0.2) is 24.5 Å². The first-order valence-corrected chi connectivity index (χ1v) is 6.35. The number of aryl methyl sites for hydroxylation is 1. The molecular formula is C13H15F2N5O. The number of anilines is 1. The van der Waals surface area contributed by atoms with Gasteiger partial charge in [0.25, 0.3) is 0 Å². The zero-order valence-electron chi connectivity index (χ0n) is 11.4. The summed E-state index contributed by atoms with van der Waals surface area (Å²) in [6.45, 7) is 0.428. The number of hydrogen-bond donors (Lipinski definition) is 2. The molecule has 1 amide bonds. The zero-order chi connectivity index (χ0) is 15.2. The normalized spacial score (nSPS) is 10.6. The molecule has 8 heteroatoms. The average molecular weight is 295 g/mol. The minimum absolute atomic E-state index is 0.0550. The summed E-state index contributed by atoms with van der Waals surface area (Å²) in [6, 6.07) is 3.40. The molecule has 0 aliphatic rings. The highest BCUT2D eigenvalue weighted by atomic mass is 19.1. The number of carbonyl (C=O) groups is 1. The Kier molecular flexibility index (Phi) is 4.94. The van der Waals surface area contributed by atoms with Crippen molar-refractivity contribution in [3.63, 3.8) is 0 Å². The number of aromatic nitrogens is 3. The molecule has 2 aromatic rings. The lowest BCUT2D eigenvalue weighted by molar-refractivity contribution is -0.115. The summed E-state index contributed by atoms with van der Waals surface area (Å²) in [5.41, 5.74) is -0.435. The van der Waals surface area contributed by atoms with E-state index in [0.29, 0.717) is 18.8 Å². The predicted octanol–water partition coefficient (Wildman–Crippen LogP) is 0.864. The van der Waals surface area contributed by atoms with Crippen LogP contribution in [0, 0.1) is 11.6 Å². The third-order valence-electron chi connectivity index (χ3n) is 2.69. The van der Waals surface area contributed by atoms with Crippen LogP contribution in [-0.4, -0.2) is 33.8 Å². The fourth-order valence-electron chi connectivity index (χ4n) is 1.70. The van der Waals surface area contributed by atoms with Crippen molar-refractivity contribution in [2.75, 3.05) is 18.4 Å². The third kappa shape index (κ3) is 4.32. The standard InChI is InChI=1S/C13H15F2N5O/c1-20-8-17-11(19-20)5-6-16-7-12(21)18-13-9(14)3-2-4-10(13)15/h2-4,8,16H,5-7H2,1H3,(H,18,21). The lowest BCUT2D eigenvalue weighted by atomic mass is 10.3. The maximum Gasteiger partial charge on any atom is 0.238 e. The molecule has 0 saturated carbocycles. The molecule has 112 valence electrons. The second kappa shape index (κ2) is 6.89. The molecule has 2 N–H and O–H groups in total. The molecule has 2 rings (SSSR count). The molecule has 1 heterocycles. The molecule has 0 aliphatic heterocycles. The summed E-state index contributed by atoms with van der Waals surface area (Å²) in [5.74, 6) is -1.47. The summed E-state index contributed by atoms with van der Waals surface area (Å²) >= 11 is 0. The van der Waals surface area contributed by atoms with Crippen LogP contribution >= 0.6 is 0 Å². The van der Waals surface area contributed by atoms with Gasteiger partial charge in [0.2, 0.25) is 5.91 Å². The second-order valence-electron chi connectivity index (χ2n) is 4.41. The van der Waals surface area contributed by atoms with Crippen LogP contribution in [0.5, 0.6) is 0 Å². The third-order valence-corrected chi connectivity index (χ3v) is 2.69. The smallest absolute Gasteiger partial charge is 0.238 e. The van der Waals surface area contributed by atoms with Crippen molar-refractivity contribution in [3.05, 3.63) is 42.0 Å². The highest BCUT2D eigenvalue weighted by Gasteiger charge is 2.11. The Bertz CT molecular complexity index is 609. The van der Waals surface area contributed by atoms with Crippen LogP contribution in [0.3, 0.4) is 0 Å². The van der Waals surface area contributed by atoms with Gasteiger partial charge in [-0.3, -0.25) is 9.48 Å². The van der Waals surface area contributed by atoms with E-state index in [1.54, 1.807) is 18.1 Å². The topological polar surface area (TPSA) is 71.8 Å². The number of carbonyl (C=O) groups excluding carboxylic acids is 1. The average Bonchev–Trinajstić information content (AvgIpc) is 2.85. The monoisotopic (exact) mass is 295 g/mol. The van der Waals surface area contributed by atoms with Gasteiger partial charge >= 0.3 is 0 Å². The Hall–Kier alpha value is -2.35. The van der Waals surface area contributed by atoms with Gasteiger partial charge in [0.05, 0.1) is 6.54 Å². The summed E-state index contributed by atoms with van der Waals surface area (Å²) in [7, 11) is 1.76. The first kappa shape index (κ1) is 15.0. The second-order valence-corrected chi connectivity index (χ2v) is 4.41. The lowest BCUT2D eigenvalue weighted by Crippen LogP contribution is -2.30. The van der Waals surface area contributed by atoms with E-state index >= 15 is 0 Å². The van der Waals surface area contributed by atoms with Crippen LogP contribution in [-0.2, 0) is 18.3 Å². The Labute approximate surface area is 120 Å². The molecule has 6 nitrogen and oxygen atoms in total. The first-order valence-electron chi connectivity index (χ1n) is 6.35. The molecule has 0 radical (unpaired) electrons. The number of benzene rings is 1. The highest BCUT2D eigenvalue weighted by molar-refractivity contribution is 5.92. The van der Waals surface area contributed by atoms with Gasteiger partial charge in [0.1, 0.15) is 23.6 Å². The van der Waals surface area contributed by atoms with Crippen molar-refractivity contribution in [2.45, 2.75) is 6.42 Å². The summed E-state index contributed by atoms with van der Waals surface area (Å²) < 4.78 is 28.2. The maximum atomic E-state index is 13.3. The van der Waals surface area contributed by atoms with Crippen LogP contribution in [0.25, 0.3) is 0 Å². The van der Waals surface area contributed by atoms with Gasteiger partial charge in [-0.25, -0.2) is 13.8 Å². The van der Waals surface area contributed by atoms with Crippen molar-refractivity contribution in [3.8, 4) is 0 Å². The molecule has 0 fully saturated rings. The van der Waals surface area contributed by atoms with E-state index in [9.17, 15) is 13.6 Å². The van der Waals surface area contributed by atoms with Crippen molar-refractivity contribution in [1.29, 1.82) is 0 Å². The minimum atomic E-state index is -0.805. The predicted molar refractivity (Wildman–Crippen MR) is 72.6 cm³/mol. The van der Waals surface area contributed by atoms with Gasteiger partial charge in [-0.1, -0.05) is 6.07 Å². The molecule has 21 heavy (non-hydrogen) atoms. The van der Waals surface area contributed by atoms with Crippen LogP contribution in [0.2, 0.25) is 0 Å². The van der Waals surface area contributed by atoms with Crippen molar-refractivity contribution < 1.29 is 13.6 Å². The van der Waals surface area contributed by atoms with E-state index in [2.05, 4.69) is 20.7 Å². The molecule has 0 spiro atoms. The molecule has 1 aromatic heterocycles. The first-order chi connectivity index (χ1) is 10.1. The number of nitrogens with one attached hydrogen (secondary N) is 2. The fraction of sp³-hybridized carbons (Fsp3) is 0.308. The van der Waals surface area contributed by atoms with Crippen molar-refractivity contribution in [2.24, 2.45) is 7.05 Å². The molecule has 1 aromatic carbocycles. The van der Waals surface area contributed by atoms with Crippen molar-refractivity contribution in [1.82, 2.24) is 20.1 Å². The van der Waals surface area contributed by atoms with Gasteiger partial charge in [-0.2, -0.15) is 5.10 Å². The minimum Gasteiger partial charge on any atom is -0.320 e. The summed E-state index contributed by atoms with van der Waals surface area (Å²) in [6.07, 6.45) is 2.14. The van der Waals surface area contributed by atoms with Crippen LogP contribution in [0.1, 0.15) is 5.82 Å². The lowest BCUT2D eigenvalue weighted by Gasteiger charge is -2.08. The Morgan fingerprint density at radius 1 is 1.33 bits per heavy atom. The number of hydrogen-bond acceptors (Lipinski definition) is 4. The molecular weight excluding hydrogens is 280 g/mol. The molecule has 0 unspecified atom stereocenters. The van der Waals surface area contributed by atoms with Crippen LogP contribution in [0.4, 0.5) is 14.5 Å². The number of amides is 1. The van der Waals surface area contributed by atoms with Gasteiger partial charge in [0.15, 0.2) is 5.82 Å². The van der Waals surface area contributed by atoms with E-state index in [1.165, 1.54) is 6.07 Å². The van der Waals surface area contributed by atoms with E-state index in [4.69, 9.17) is 0 Å².